The second-order valence-corrected chi connectivity index (χ2v) is 14.1. The highest BCUT2D eigenvalue weighted by Crippen LogP contribution is 2.41. The van der Waals surface area contributed by atoms with Gasteiger partial charge in [0.2, 0.25) is 0 Å². The molecule has 0 aliphatic heterocycles. The predicted octanol–water partition coefficient (Wildman–Crippen LogP) is 12.1. The van der Waals surface area contributed by atoms with Gasteiger partial charge >= 0.3 is 0 Å². The molecule has 0 aliphatic carbocycles. The second kappa shape index (κ2) is 10.4. The van der Waals surface area contributed by atoms with Crippen LogP contribution < -0.4 is 5.56 Å². The molecule has 0 amide bonds. The van der Waals surface area contributed by atoms with Gasteiger partial charge in [-0.05, 0) is 83.2 Å². The molecule has 53 heavy (non-hydrogen) atoms. The van der Waals surface area contributed by atoms with E-state index in [0.29, 0.717) is 0 Å². The fourth-order valence-electron chi connectivity index (χ4n) is 9.09. The second-order valence-electron chi connectivity index (χ2n) is 14.1. The molecule has 12 aromatic rings. The van der Waals surface area contributed by atoms with Gasteiger partial charge in [-0.3, -0.25) is 9.20 Å². The average Bonchev–Trinajstić information content (AvgIpc) is 3.86. The summed E-state index contributed by atoms with van der Waals surface area (Å²) in [5, 5.41) is 9.83. The van der Waals surface area contributed by atoms with E-state index in [1.807, 2.05) is 28.7 Å². The monoisotopic (exact) mass is 675 g/mol. The summed E-state index contributed by atoms with van der Waals surface area (Å²) in [6.45, 7) is 0. The van der Waals surface area contributed by atoms with Crippen molar-refractivity contribution in [1.82, 2.24) is 13.5 Å². The zero-order valence-corrected chi connectivity index (χ0v) is 28.5. The normalized spacial score (nSPS) is 12.2. The largest absolute Gasteiger partial charge is 0.309 e. The lowest BCUT2D eigenvalue weighted by molar-refractivity contribution is 1.18. The van der Waals surface area contributed by atoms with E-state index in [0.717, 1.165) is 65.9 Å². The highest BCUT2D eigenvalue weighted by atomic mass is 16.1. The van der Waals surface area contributed by atoms with Crippen molar-refractivity contribution in [3.8, 4) is 22.5 Å². The average molecular weight is 676 g/mol. The van der Waals surface area contributed by atoms with Crippen molar-refractivity contribution < 1.29 is 0 Å². The van der Waals surface area contributed by atoms with Crippen LogP contribution in [0.2, 0.25) is 0 Å². The first-order valence-corrected chi connectivity index (χ1v) is 18.1. The Kier molecular flexibility index (Phi) is 5.62. The maximum atomic E-state index is 14.0. The zero-order valence-electron chi connectivity index (χ0n) is 28.5. The molecule has 0 unspecified atom stereocenters. The molecule has 4 aromatic heterocycles. The molecule has 0 radical (unpaired) electrons. The number of nitrogens with zero attached hydrogens (tertiary/aromatic N) is 3. The Hall–Kier alpha value is -7.17. The van der Waals surface area contributed by atoms with Crippen LogP contribution in [0.3, 0.4) is 0 Å². The van der Waals surface area contributed by atoms with Gasteiger partial charge in [-0.25, -0.2) is 0 Å². The maximum Gasteiger partial charge on any atom is 0.263 e. The molecule has 0 atom stereocenters. The molecule has 4 nitrogen and oxygen atoms in total. The van der Waals surface area contributed by atoms with E-state index < -0.39 is 0 Å². The third-order valence-electron chi connectivity index (χ3n) is 11.4. The third kappa shape index (κ3) is 3.81. The van der Waals surface area contributed by atoms with Crippen LogP contribution in [0.15, 0.2) is 181 Å². The van der Waals surface area contributed by atoms with Crippen LogP contribution in [-0.4, -0.2) is 13.5 Å². The van der Waals surface area contributed by atoms with Crippen molar-refractivity contribution >= 4 is 81.6 Å². The van der Waals surface area contributed by atoms with E-state index in [-0.39, 0.29) is 5.56 Å². The molecular weight excluding hydrogens is 647 g/mol. The Morgan fingerprint density at radius 2 is 0.792 bits per heavy atom. The summed E-state index contributed by atoms with van der Waals surface area (Å²) in [5.41, 5.74) is 11.2. The number of aromatic nitrogens is 3. The lowest BCUT2D eigenvalue weighted by Crippen LogP contribution is -2.12. The highest BCUT2D eigenvalue weighted by molar-refractivity contribution is 6.21. The van der Waals surface area contributed by atoms with Gasteiger partial charge in [0.05, 0.1) is 33.1 Å². The molecule has 12 rings (SSSR count). The first kappa shape index (κ1) is 28.5. The predicted molar refractivity (Wildman–Crippen MR) is 221 cm³/mol. The summed E-state index contributed by atoms with van der Waals surface area (Å²) >= 11 is 0. The first-order chi connectivity index (χ1) is 26.2. The van der Waals surface area contributed by atoms with E-state index in [1.54, 1.807) is 0 Å². The van der Waals surface area contributed by atoms with Gasteiger partial charge in [0.25, 0.3) is 5.56 Å². The Bertz CT molecular complexity index is 3530. The standard InChI is InChI=1S/C49H29N3O/c53-49-39-18-5-4-14-34(39)41-28-33(29-42-37-17-8-11-21-45(37)52(49)48(41)42)51-43-19-9-6-15-35(43)38-24-22-31(27-47(38)51)30-23-25-46-40(26-30)36-16-7-10-20-44(36)50(46)32-12-2-1-3-13-32/h1-29H. The van der Waals surface area contributed by atoms with Crippen molar-refractivity contribution in [3.05, 3.63) is 186 Å². The van der Waals surface area contributed by atoms with Crippen LogP contribution >= 0.6 is 0 Å². The highest BCUT2D eigenvalue weighted by Gasteiger charge is 2.21. The summed E-state index contributed by atoms with van der Waals surface area (Å²) in [4.78, 5) is 14.0. The van der Waals surface area contributed by atoms with Crippen molar-refractivity contribution in [2.24, 2.45) is 0 Å². The Balaban J connectivity index is 1.15. The van der Waals surface area contributed by atoms with Crippen molar-refractivity contribution in [3.63, 3.8) is 0 Å². The van der Waals surface area contributed by atoms with E-state index in [1.165, 1.54) is 38.1 Å². The Morgan fingerprint density at radius 1 is 0.302 bits per heavy atom. The molecule has 8 aromatic carbocycles. The zero-order chi connectivity index (χ0) is 34.8. The number of benzene rings is 8. The molecule has 0 saturated heterocycles. The minimum atomic E-state index is 0.0254. The number of fused-ring (bicyclic) bond motifs is 11. The topological polar surface area (TPSA) is 31.3 Å². The molecule has 4 heterocycles. The van der Waals surface area contributed by atoms with Crippen LogP contribution in [0.4, 0.5) is 0 Å². The van der Waals surface area contributed by atoms with Gasteiger partial charge in [0.15, 0.2) is 0 Å². The van der Waals surface area contributed by atoms with Gasteiger partial charge in [-0.2, -0.15) is 0 Å². The van der Waals surface area contributed by atoms with Crippen LogP contribution in [0.1, 0.15) is 0 Å². The number of rotatable bonds is 3. The smallest absolute Gasteiger partial charge is 0.263 e. The Morgan fingerprint density at radius 3 is 1.53 bits per heavy atom. The van der Waals surface area contributed by atoms with E-state index in [2.05, 4.69) is 161 Å². The maximum absolute atomic E-state index is 14.0. The Labute approximate surface area is 302 Å². The van der Waals surface area contributed by atoms with Crippen LogP contribution in [-0.2, 0) is 0 Å². The van der Waals surface area contributed by atoms with Gasteiger partial charge in [-0.15, -0.1) is 0 Å². The number of hydrogen-bond acceptors (Lipinski definition) is 1. The summed E-state index contributed by atoms with van der Waals surface area (Å²) in [5.74, 6) is 0. The molecule has 246 valence electrons. The van der Waals surface area contributed by atoms with Gasteiger partial charge in [0.1, 0.15) is 0 Å². The fourth-order valence-corrected chi connectivity index (χ4v) is 9.09. The van der Waals surface area contributed by atoms with Crippen LogP contribution in [0, 0.1) is 0 Å². The van der Waals surface area contributed by atoms with Crippen molar-refractivity contribution in [2.45, 2.75) is 0 Å². The van der Waals surface area contributed by atoms with Crippen molar-refractivity contribution in [2.75, 3.05) is 0 Å². The molecule has 0 saturated carbocycles. The first-order valence-electron chi connectivity index (χ1n) is 18.1. The lowest BCUT2D eigenvalue weighted by Gasteiger charge is -2.13. The number of para-hydroxylation sites is 4. The van der Waals surface area contributed by atoms with Crippen LogP contribution in [0.5, 0.6) is 0 Å². The lowest BCUT2D eigenvalue weighted by atomic mass is 10.0. The summed E-state index contributed by atoms with van der Waals surface area (Å²) in [6, 6.07) is 62.6. The van der Waals surface area contributed by atoms with Crippen LogP contribution in [0.25, 0.3) is 104 Å². The third-order valence-corrected chi connectivity index (χ3v) is 11.4. The molecule has 0 aliphatic rings. The van der Waals surface area contributed by atoms with Gasteiger partial charge < -0.3 is 9.13 Å². The SMILES string of the molecule is O=c1c2ccccc2c2cc(-n3c4ccccc4c4ccc(-c5ccc6c(c5)c5ccccc5n6-c5ccccc5)cc43)cc3c4ccccc4n1c23. The quantitative estimate of drug-likeness (QED) is 0.172. The molecule has 0 spiro atoms. The minimum Gasteiger partial charge on any atom is -0.309 e. The number of pyridine rings is 1. The number of hydrogen-bond donors (Lipinski definition) is 0. The molecule has 0 bridgehead atoms. The van der Waals surface area contributed by atoms with Crippen molar-refractivity contribution in [1.29, 1.82) is 0 Å². The van der Waals surface area contributed by atoms with Gasteiger partial charge in [-0.1, -0.05) is 109 Å². The van der Waals surface area contributed by atoms with Gasteiger partial charge in [0, 0.05) is 54.5 Å². The fraction of sp³-hybridized carbons (Fsp3) is 0. The minimum absolute atomic E-state index is 0.0254. The summed E-state index contributed by atoms with van der Waals surface area (Å²) in [7, 11) is 0. The van der Waals surface area contributed by atoms with E-state index in [4.69, 9.17) is 0 Å². The summed E-state index contributed by atoms with van der Waals surface area (Å²) < 4.78 is 6.69. The van der Waals surface area contributed by atoms with E-state index in [9.17, 15) is 4.79 Å². The molecule has 0 fully saturated rings. The molecule has 4 heteroatoms. The van der Waals surface area contributed by atoms with E-state index >= 15 is 0 Å². The molecular formula is C49H29N3O. The molecule has 0 N–H and O–H groups in total. The summed E-state index contributed by atoms with van der Waals surface area (Å²) in [6.07, 6.45) is 0.